The van der Waals surface area contributed by atoms with E-state index in [1.165, 1.54) is 0 Å². The van der Waals surface area contributed by atoms with E-state index in [1.807, 2.05) is 32.9 Å². The van der Waals surface area contributed by atoms with Crippen LogP contribution in [0.1, 0.15) is 47.5 Å². The van der Waals surface area contributed by atoms with Crippen molar-refractivity contribution in [2.24, 2.45) is 11.3 Å². The van der Waals surface area contributed by atoms with Gasteiger partial charge in [-0.3, -0.25) is 4.79 Å². The summed E-state index contributed by atoms with van der Waals surface area (Å²) in [5.41, 5.74) is 0.738. The third kappa shape index (κ3) is 6.20. The second kappa shape index (κ2) is 6.53. The quantitative estimate of drug-likeness (QED) is 0.631. The van der Waals surface area contributed by atoms with Crippen molar-refractivity contribution in [3.8, 4) is 0 Å². The second-order valence-corrected chi connectivity index (χ2v) is 5.48. The van der Waals surface area contributed by atoms with Crippen LogP contribution in [0.2, 0.25) is 0 Å². The Hall–Kier alpha value is -1.18. The zero-order valence-corrected chi connectivity index (χ0v) is 11.7. The van der Waals surface area contributed by atoms with Crippen LogP contribution in [0.3, 0.4) is 0 Å². The summed E-state index contributed by atoms with van der Waals surface area (Å²) in [6, 6.07) is 0. The average Bonchev–Trinajstić information content (AvgIpc) is 2.13. The lowest BCUT2D eigenvalue weighted by atomic mass is 9.73. The maximum atomic E-state index is 11.7. The van der Waals surface area contributed by atoms with Crippen LogP contribution >= 0.6 is 0 Å². The summed E-state index contributed by atoms with van der Waals surface area (Å²) < 4.78 is 0. The maximum Gasteiger partial charge on any atom is 0.137 e. The van der Waals surface area contributed by atoms with E-state index < -0.39 is 0 Å². The van der Waals surface area contributed by atoms with Crippen LogP contribution in [0.4, 0.5) is 0 Å². The van der Waals surface area contributed by atoms with Crippen molar-refractivity contribution in [2.75, 3.05) is 0 Å². The monoisotopic (exact) mass is 236 g/mol. The van der Waals surface area contributed by atoms with Crippen molar-refractivity contribution in [2.45, 2.75) is 47.5 Å². The molecular formula is C15H24O2. The van der Waals surface area contributed by atoms with Crippen LogP contribution in [0, 0.1) is 11.3 Å². The number of hydrogen-bond acceptors (Lipinski definition) is 2. The largest absolute Gasteiger partial charge is 0.300 e. The zero-order valence-electron chi connectivity index (χ0n) is 11.7. The van der Waals surface area contributed by atoms with E-state index in [-0.39, 0.29) is 22.9 Å². The number of rotatable bonds is 7. The predicted molar refractivity (Wildman–Crippen MR) is 71.8 cm³/mol. The van der Waals surface area contributed by atoms with Crippen molar-refractivity contribution in [1.82, 2.24) is 0 Å². The Balaban J connectivity index is 4.84. The molecule has 0 aromatic heterocycles. The predicted octanol–water partition coefficient (Wildman–Crippen LogP) is 3.72. The number of hydrogen-bond donors (Lipinski definition) is 0. The Labute approximate surface area is 105 Å². The van der Waals surface area contributed by atoms with Gasteiger partial charge in [-0.15, -0.1) is 0 Å². The minimum Gasteiger partial charge on any atom is -0.300 e. The molecule has 2 nitrogen and oxygen atoms in total. The number of ketones is 2. The van der Waals surface area contributed by atoms with E-state index in [0.717, 1.165) is 12.0 Å². The Morgan fingerprint density at radius 3 is 2.12 bits per heavy atom. The molecule has 0 heterocycles. The Morgan fingerprint density at radius 2 is 1.76 bits per heavy atom. The molecule has 0 aromatic carbocycles. The van der Waals surface area contributed by atoms with Crippen LogP contribution in [-0.2, 0) is 9.59 Å². The summed E-state index contributed by atoms with van der Waals surface area (Å²) in [7, 11) is 0. The van der Waals surface area contributed by atoms with Gasteiger partial charge in [0.1, 0.15) is 11.6 Å². The standard InChI is InChI=1S/C15H24O2/c1-11(2)7-8-14(13(4)17)15(5,6)10-9-12(3)16/h7-8,14H,1,9-10H2,2-6H3/b8-7-. The molecule has 0 bridgehead atoms. The lowest BCUT2D eigenvalue weighted by Gasteiger charge is -2.30. The lowest BCUT2D eigenvalue weighted by Crippen LogP contribution is -2.28. The molecule has 0 N–H and O–H groups in total. The molecule has 0 amide bonds. The molecule has 1 unspecified atom stereocenters. The van der Waals surface area contributed by atoms with Crippen molar-refractivity contribution in [3.63, 3.8) is 0 Å². The Kier molecular flexibility index (Phi) is 6.08. The van der Waals surface area contributed by atoms with Gasteiger partial charge in [0.15, 0.2) is 0 Å². The van der Waals surface area contributed by atoms with Gasteiger partial charge < -0.3 is 4.79 Å². The van der Waals surface area contributed by atoms with Gasteiger partial charge in [-0.25, -0.2) is 0 Å². The maximum absolute atomic E-state index is 11.7. The fourth-order valence-corrected chi connectivity index (χ4v) is 1.86. The van der Waals surface area contributed by atoms with Crippen molar-refractivity contribution in [1.29, 1.82) is 0 Å². The van der Waals surface area contributed by atoms with E-state index in [4.69, 9.17) is 0 Å². The Bertz CT molecular complexity index is 335. The molecule has 0 aliphatic heterocycles. The summed E-state index contributed by atoms with van der Waals surface area (Å²) in [5.74, 6) is 0.152. The molecule has 2 heteroatoms. The molecule has 0 rings (SSSR count). The number of Topliss-reactive ketones (excluding diaryl/α,β-unsaturated/α-hetero) is 2. The number of carbonyl (C=O) groups is 2. The first-order chi connectivity index (χ1) is 7.66. The van der Waals surface area contributed by atoms with Crippen molar-refractivity contribution >= 4 is 11.6 Å². The first-order valence-electron chi connectivity index (χ1n) is 6.00. The second-order valence-electron chi connectivity index (χ2n) is 5.48. The van der Waals surface area contributed by atoms with Crippen LogP contribution in [0.25, 0.3) is 0 Å². The molecule has 0 saturated heterocycles. The highest BCUT2D eigenvalue weighted by Crippen LogP contribution is 2.34. The smallest absolute Gasteiger partial charge is 0.137 e. The van der Waals surface area contributed by atoms with Crippen LogP contribution in [0.5, 0.6) is 0 Å². The van der Waals surface area contributed by atoms with Gasteiger partial charge in [0.2, 0.25) is 0 Å². The van der Waals surface area contributed by atoms with E-state index >= 15 is 0 Å². The first kappa shape index (κ1) is 15.8. The summed E-state index contributed by atoms with van der Waals surface area (Å²) in [6.07, 6.45) is 5.04. The fourth-order valence-electron chi connectivity index (χ4n) is 1.86. The molecule has 0 aromatic rings. The van der Waals surface area contributed by atoms with Gasteiger partial charge in [-0.1, -0.05) is 38.2 Å². The summed E-state index contributed by atoms with van der Waals surface area (Å²) in [6.45, 7) is 12.9. The minimum absolute atomic E-state index is 0.135. The molecular weight excluding hydrogens is 212 g/mol. The van der Waals surface area contributed by atoms with Crippen LogP contribution < -0.4 is 0 Å². The topological polar surface area (TPSA) is 34.1 Å². The molecule has 0 aliphatic rings. The molecule has 0 spiro atoms. The van der Waals surface area contributed by atoms with Gasteiger partial charge in [-0.2, -0.15) is 0 Å². The van der Waals surface area contributed by atoms with Gasteiger partial charge in [0.05, 0.1) is 0 Å². The SMILES string of the molecule is C=C(C)/C=C\C(C(C)=O)C(C)(C)CCC(C)=O. The van der Waals surface area contributed by atoms with Gasteiger partial charge >= 0.3 is 0 Å². The van der Waals surface area contributed by atoms with E-state index in [0.29, 0.717) is 6.42 Å². The third-order valence-electron chi connectivity index (χ3n) is 2.97. The van der Waals surface area contributed by atoms with Gasteiger partial charge in [-0.05, 0) is 32.6 Å². The highest BCUT2D eigenvalue weighted by molar-refractivity contribution is 5.81. The average molecular weight is 236 g/mol. The molecule has 0 aliphatic carbocycles. The molecule has 0 saturated carbocycles. The number of allylic oxidation sites excluding steroid dienone is 3. The third-order valence-corrected chi connectivity index (χ3v) is 2.97. The summed E-state index contributed by atoms with van der Waals surface area (Å²) >= 11 is 0. The molecule has 96 valence electrons. The molecule has 17 heavy (non-hydrogen) atoms. The van der Waals surface area contributed by atoms with Crippen LogP contribution in [-0.4, -0.2) is 11.6 Å². The summed E-state index contributed by atoms with van der Waals surface area (Å²) in [4.78, 5) is 22.7. The van der Waals surface area contributed by atoms with Gasteiger partial charge in [0, 0.05) is 12.3 Å². The molecule has 1 atom stereocenters. The van der Waals surface area contributed by atoms with E-state index in [1.54, 1.807) is 13.8 Å². The lowest BCUT2D eigenvalue weighted by molar-refractivity contribution is -0.123. The van der Waals surface area contributed by atoms with Crippen molar-refractivity contribution in [3.05, 3.63) is 24.3 Å². The minimum atomic E-state index is -0.191. The number of carbonyl (C=O) groups excluding carboxylic acids is 2. The summed E-state index contributed by atoms with van der Waals surface area (Å²) in [5, 5.41) is 0. The normalized spacial score (nSPS) is 13.7. The van der Waals surface area contributed by atoms with Crippen molar-refractivity contribution < 1.29 is 9.59 Å². The molecule has 0 fully saturated rings. The van der Waals surface area contributed by atoms with Gasteiger partial charge in [0.25, 0.3) is 0 Å². The molecule has 0 radical (unpaired) electrons. The first-order valence-corrected chi connectivity index (χ1v) is 6.00. The Morgan fingerprint density at radius 1 is 1.24 bits per heavy atom. The van der Waals surface area contributed by atoms with E-state index in [9.17, 15) is 9.59 Å². The fraction of sp³-hybridized carbons (Fsp3) is 0.600. The van der Waals surface area contributed by atoms with Crippen LogP contribution in [0.15, 0.2) is 24.3 Å². The highest BCUT2D eigenvalue weighted by Gasteiger charge is 2.30. The zero-order chi connectivity index (χ0) is 13.6. The highest BCUT2D eigenvalue weighted by atomic mass is 16.1. The van der Waals surface area contributed by atoms with E-state index in [2.05, 4.69) is 6.58 Å².